The molecule has 1 heterocycles. The third-order valence-corrected chi connectivity index (χ3v) is 6.91. The summed E-state index contributed by atoms with van der Waals surface area (Å²) in [6, 6.07) is 21.6. The van der Waals surface area contributed by atoms with Crippen LogP contribution < -0.4 is 10.1 Å². The van der Waals surface area contributed by atoms with Gasteiger partial charge in [0.1, 0.15) is 12.4 Å². The van der Waals surface area contributed by atoms with Crippen LogP contribution in [0.4, 0.5) is 5.69 Å². The number of anilines is 1. The fraction of sp³-hybridized carbons (Fsp3) is 0.240. The first-order valence-corrected chi connectivity index (χ1v) is 12.1. The Morgan fingerprint density at radius 3 is 2.70 bits per heavy atom. The standard InChI is InChI=1S/C25H23ClN4O2S/c1-16(24(31)27-21-11-6-8-17-7-2-3-9-19(17)21)33-25-29-28-23(30(25)18-13-14-18)15-32-22-12-5-4-10-20(22)26/h2-12,16,18H,13-15H2,1H3,(H,27,31)/t16-/m0/s1. The van der Waals surface area contributed by atoms with E-state index in [2.05, 4.69) is 20.1 Å². The molecule has 1 aromatic heterocycles. The summed E-state index contributed by atoms with van der Waals surface area (Å²) in [6.07, 6.45) is 2.14. The number of para-hydroxylation sites is 1. The summed E-state index contributed by atoms with van der Waals surface area (Å²) < 4.78 is 7.98. The average Bonchev–Trinajstić information content (AvgIpc) is 3.59. The van der Waals surface area contributed by atoms with Gasteiger partial charge < -0.3 is 10.1 Å². The number of ether oxygens (including phenoxy) is 1. The van der Waals surface area contributed by atoms with Crippen LogP contribution in [0, 0.1) is 0 Å². The summed E-state index contributed by atoms with van der Waals surface area (Å²) in [5, 5.41) is 14.9. The third-order valence-electron chi connectivity index (χ3n) is 5.54. The fourth-order valence-corrected chi connectivity index (χ4v) is 4.80. The van der Waals surface area contributed by atoms with Gasteiger partial charge in [0.2, 0.25) is 5.91 Å². The third kappa shape index (κ3) is 4.84. The maximum atomic E-state index is 13.0. The SMILES string of the molecule is C[C@H](Sc1nnc(COc2ccccc2Cl)n1C1CC1)C(=O)Nc1cccc2ccccc12. The van der Waals surface area contributed by atoms with Gasteiger partial charge in [-0.2, -0.15) is 0 Å². The lowest BCUT2D eigenvalue weighted by Gasteiger charge is -2.15. The molecule has 0 aliphatic heterocycles. The average molecular weight is 479 g/mol. The topological polar surface area (TPSA) is 69.0 Å². The Hall–Kier alpha value is -3.03. The number of halogens is 1. The van der Waals surface area contributed by atoms with Crippen molar-refractivity contribution in [1.29, 1.82) is 0 Å². The second-order valence-electron chi connectivity index (χ2n) is 8.00. The number of hydrogen-bond donors (Lipinski definition) is 1. The summed E-state index contributed by atoms with van der Waals surface area (Å²) in [4.78, 5) is 13.0. The summed E-state index contributed by atoms with van der Waals surface area (Å²) >= 11 is 7.61. The zero-order valence-electron chi connectivity index (χ0n) is 18.1. The number of hydrogen-bond acceptors (Lipinski definition) is 5. The maximum absolute atomic E-state index is 13.0. The molecule has 8 heteroatoms. The van der Waals surface area contributed by atoms with Gasteiger partial charge in [0, 0.05) is 17.1 Å². The van der Waals surface area contributed by atoms with Crippen LogP contribution in [0.5, 0.6) is 5.75 Å². The van der Waals surface area contributed by atoms with E-state index in [-0.39, 0.29) is 17.8 Å². The zero-order valence-corrected chi connectivity index (χ0v) is 19.6. The smallest absolute Gasteiger partial charge is 0.237 e. The van der Waals surface area contributed by atoms with Gasteiger partial charge in [0.05, 0.1) is 10.3 Å². The molecule has 1 saturated carbocycles. The molecule has 0 spiro atoms. The van der Waals surface area contributed by atoms with E-state index in [1.807, 2.05) is 67.6 Å². The van der Waals surface area contributed by atoms with Crippen molar-refractivity contribution in [2.24, 2.45) is 0 Å². The number of fused-ring (bicyclic) bond motifs is 1. The van der Waals surface area contributed by atoms with Gasteiger partial charge in [-0.1, -0.05) is 71.9 Å². The van der Waals surface area contributed by atoms with Crippen molar-refractivity contribution in [3.8, 4) is 5.75 Å². The minimum atomic E-state index is -0.344. The predicted molar refractivity (Wildman–Crippen MR) is 132 cm³/mol. The zero-order chi connectivity index (χ0) is 22.8. The van der Waals surface area contributed by atoms with Crippen molar-refractivity contribution in [3.05, 3.63) is 77.6 Å². The first-order chi connectivity index (χ1) is 16.1. The van der Waals surface area contributed by atoms with Crippen LogP contribution in [0.2, 0.25) is 5.02 Å². The molecule has 6 nitrogen and oxygen atoms in total. The molecule has 1 atom stereocenters. The molecule has 33 heavy (non-hydrogen) atoms. The van der Waals surface area contributed by atoms with E-state index in [0.717, 1.165) is 40.3 Å². The number of amides is 1. The second kappa shape index (κ2) is 9.45. The highest BCUT2D eigenvalue weighted by molar-refractivity contribution is 8.00. The van der Waals surface area contributed by atoms with Gasteiger partial charge >= 0.3 is 0 Å². The van der Waals surface area contributed by atoms with E-state index in [1.165, 1.54) is 11.8 Å². The van der Waals surface area contributed by atoms with E-state index < -0.39 is 0 Å². The van der Waals surface area contributed by atoms with Crippen LogP contribution >= 0.6 is 23.4 Å². The number of carbonyl (C=O) groups excluding carboxylic acids is 1. The highest BCUT2D eigenvalue weighted by Gasteiger charge is 2.31. The molecule has 1 aliphatic rings. The van der Waals surface area contributed by atoms with Crippen LogP contribution in [-0.2, 0) is 11.4 Å². The summed E-state index contributed by atoms with van der Waals surface area (Å²) in [5.41, 5.74) is 0.808. The maximum Gasteiger partial charge on any atom is 0.237 e. The first kappa shape index (κ1) is 21.8. The Morgan fingerprint density at radius 1 is 1.12 bits per heavy atom. The van der Waals surface area contributed by atoms with E-state index in [0.29, 0.717) is 16.8 Å². The van der Waals surface area contributed by atoms with Crippen molar-refractivity contribution < 1.29 is 9.53 Å². The first-order valence-electron chi connectivity index (χ1n) is 10.9. The number of aromatic nitrogens is 3. The monoisotopic (exact) mass is 478 g/mol. The number of benzene rings is 3. The Balaban J connectivity index is 1.29. The van der Waals surface area contributed by atoms with Gasteiger partial charge in [-0.05, 0) is 43.4 Å². The summed E-state index contributed by atoms with van der Waals surface area (Å²) in [5.74, 6) is 1.28. The lowest BCUT2D eigenvalue weighted by atomic mass is 10.1. The summed E-state index contributed by atoms with van der Waals surface area (Å²) in [6.45, 7) is 2.15. The molecule has 1 aliphatic carbocycles. The highest BCUT2D eigenvalue weighted by Crippen LogP contribution is 2.40. The molecule has 0 saturated heterocycles. The van der Waals surface area contributed by atoms with Gasteiger partial charge in [0.25, 0.3) is 0 Å². The van der Waals surface area contributed by atoms with Crippen LogP contribution in [0.25, 0.3) is 10.8 Å². The molecule has 1 N–H and O–H groups in total. The van der Waals surface area contributed by atoms with Crippen molar-refractivity contribution in [3.63, 3.8) is 0 Å². The van der Waals surface area contributed by atoms with Crippen LogP contribution in [0.15, 0.2) is 71.9 Å². The number of carbonyl (C=O) groups is 1. The van der Waals surface area contributed by atoms with E-state index >= 15 is 0 Å². The number of rotatable bonds is 8. The lowest BCUT2D eigenvalue weighted by Crippen LogP contribution is -2.23. The Bertz CT molecular complexity index is 1300. The Kier molecular flexibility index (Phi) is 6.24. The van der Waals surface area contributed by atoms with Gasteiger partial charge in [-0.25, -0.2) is 0 Å². The van der Waals surface area contributed by atoms with Crippen molar-refractivity contribution in [2.45, 2.75) is 42.8 Å². The molecule has 4 aromatic rings. The molecule has 0 unspecified atom stereocenters. The molecule has 3 aromatic carbocycles. The molecule has 5 rings (SSSR count). The van der Waals surface area contributed by atoms with Crippen LogP contribution in [-0.4, -0.2) is 25.9 Å². The molecule has 1 amide bonds. The minimum absolute atomic E-state index is 0.0735. The second-order valence-corrected chi connectivity index (χ2v) is 9.71. The van der Waals surface area contributed by atoms with Crippen LogP contribution in [0.3, 0.4) is 0 Å². The summed E-state index contributed by atoms with van der Waals surface area (Å²) in [7, 11) is 0. The fourth-order valence-electron chi connectivity index (χ4n) is 3.67. The molecule has 0 bridgehead atoms. The normalized spacial score (nSPS) is 14.2. The van der Waals surface area contributed by atoms with Crippen LogP contribution in [0.1, 0.15) is 31.6 Å². The van der Waals surface area contributed by atoms with Gasteiger partial charge in [-0.3, -0.25) is 9.36 Å². The molecular formula is C25H23ClN4O2S. The Labute approximate surface area is 201 Å². The van der Waals surface area contributed by atoms with Gasteiger partial charge in [-0.15, -0.1) is 10.2 Å². The largest absolute Gasteiger partial charge is 0.484 e. The van der Waals surface area contributed by atoms with Gasteiger partial charge in [0.15, 0.2) is 11.0 Å². The Morgan fingerprint density at radius 2 is 1.88 bits per heavy atom. The number of thioether (sulfide) groups is 1. The van der Waals surface area contributed by atoms with E-state index in [4.69, 9.17) is 16.3 Å². The number of nitrogens with one attached hydrogen (secondary N) is 1. The lowest BCUT2D eigenvalue weighted by molar-refractivity contribution is -0.115. The van der Waals surface area contributed by atoms with Crippen molar-refractivity contribution in [1.82, 2.24) is 14.8 Å². The quantitative estimate of drug-likeness (QED) is 0.309. The van der Waals surface area contributed by atoms with E-state index in [1.54, 1.807) is 6.07 Å². The molecule has 0 radical (unpaired) electrons. The molecule has 1 fully saturated rings. The highest BCUT2D eigenvalue weighted by atomic mass is 35.5. The number of nitrogens with zero attached hydrogens (tertiary/aromatic N) is 3. The predicted octanol–water partition coefficient (Wildman–Crippen LogP) is 6.12. The van der Waals surface area contributed by atoms with Crippen molar-refractivity contribution >= 4 is 45.7 Å². The molecular weight excluding hydrogens is 456 g/mol. The van der Waals surface area contributed by atoms with Crippen molar-refractivity contribution in [2.75, 3.05) is 5.32 Å². The molecule has 168 valence electrons. The minimum Gasteiger partial charge on any atom is -0.484 e. The van der Waals surface area contributed by atoms with E-state index in [9.17, 15) is 4.79 Å².